The number of aromatic nitrogens is 1. The number of carbonyl (C=O) groups is 1. The van der Waals surface area contributed by atoms with Crippen LogP contribution in [0.1, 0.15) is 31.2 Å². The summed E-state index contributed by atoms with van der Waals surface area (Å²) in [5.74, 6) is -0.907. The summed E-state index contributed by atoms with van der Waals surface area (Å²) >= 11 is 0. The molecule has 0 bridgehead atoms. The Morgan fingerprint density at radius 1 is 1.57 bits per heavy atom. The summed E-state index contributed by atoms with van der Waals surface area (Å²) in [4.78, 5) is 25.6. The molecule has 110 valence electrons. The second-order valence-corrected chi connectivity index (χ2v) is 5.11. The summed E-state index contributed by atoms with van der Waals surface area (Å²) in [6.07, 6.45) is 3.96. The lowest BCUT2D eigenvalue weighted by molar-refractivity contribution is -0.384. The molecule has 1 fully saturated rings. The molecule has 2 N–H and O–H groups in total. The fraction of sp³-hybridized carbons (Fsp3) is 0.462. The van der Waals surface area contributed by atoms with Gasteiger partial charge in [-0.05, 0) is 12.8 Å². The van der Waals surface area contributed by atoms with Crippen LogP contribution in [-0.2, 0) is 4.79 Å². The number of rotatable bonds is 5. The number of nitriles is 1. The van der Waals surface area contributed by atoms with Gasteiger partial charge in [0.2, 0.25) is 5.82 Å². The highest BCUT2D eigenvalue weighted by Crippen LogP contribution is 2.39. The molecule has 8 nitrogen and oxygen atoms in total. The van der Waals surface area contributed by atoms with Gasteiger partial charge in [-0.15, -0.1) is 0 Å². The van der Waals surface area contributed by atoms with Crippen LogP contribution < -0.4 is 5.32 Å². The van der Waals surface area contributed by atoms with Gasteiger partial charge in [0.1, 0.15) is 6.07 Å². The Bertz CT molecular complexity index is 617. The first kappa shape index (κ1) is 14.7. The zero-order valence-corrected chi connectivity index (χ0v) is 11.2. The summed E-state index contributed by atoms with van der Waals surface area (Å²) in [6, 6.07) is 2.91. The van der Waals surface area contributed by atoms with E-state index in [9.17, 15) is 20.0 Å². The largest absolute Gasteiger partial charge is 0.481 e. The van der Waals surface area contributed by atoms with Crippen LogP contribution in [0.2, 0.25) is 0 Å². The topological polar surface area (TPSA) is 129 Å². The van der Waals surface area contributed by atoms with E-state index in [1.54, 1.807) is 6.07 Å². The van der Waals surface area contributed by atoms with Gasteiger partial charge < -0.3 is 10.4 Å². The highest BCUT2D eigenvalue weighted by molar-refractivity contribution is 5.76. The van der Waals surface area contributed by atoms with Crippen molar-refractivity contribution in [2.75, 3.05) is 11.9 Å². The van der Waals surface area contributed by atoms with Crippen LogP contribution in [0, 0.1) is 26.9 Å². The molecule has 0 radical (unpaired) electrons. The molecule has 1 aromatic heterocycles. The Balaban J connectivity index is 2.22. The Labute approximate surface area is 120 Å². The van der Waals surface area contributed by atoms with Gasteiger partial charge in [-0.2, -0.15) is 5.26 Å². The Kier molecular flexibility index (Phi) is 4.03. The van der Waals surface area contributed by atoms with Crippen LogP contribution in [0.15, 0.2) is 12.3 Å². The second kappa shape index (κ2) is 5.75. The van der Waals surface area contributed by atoms with Crippen LogP contribution in [0.5, 0.6) is 0 Å². The summed E-state index contributed by atoms with van der Waals surface area (Å²) in [6.45, 7) is 0.0854. The number of nitrogens with zero attached hydrogens (tertiary/aromatic N) is 3. The van der Waals surface area contributed by atoms with Crippen molar-refractivity contribution in [3.63, 3.8) is 0 Å². The molecule has 1 aliphatic rings. The van der Waals surface area contributed by atoms with Crippen molar-refractivity contribution in [1.29, 1.82) is 5.26 Å². The standard InChI is InChI=1S/C13H14N4O4/c14-6-9-5-10(17(20)21)11(15-7-9)16-8-13(12(18)19)3-1-2-4-13/h5,7H,1-4,8H2,(H,15,16)(H,18,19). The molecule has 1 aliphatic carbocycles. The highest BCUT2D eigenvalue weighted by Gasteiger charge is 2.41. The lowest BCUT2D eigenvalue weighted by Crippen LogP contribution is -2.35. The average Bonchev–Trinajstić information content (AvgIpc) is 2.95. The minimum Gasteiger partial charge on any atom is -0.481 e. The van der Waals surface area contributed by atoms with Crippen molar-refractivity contribution in [3.05, 3.63) is 27.9 Å². The quantitative estimate of drug-likeness (QED) is 0.625. The third kappa shape index (κ3) is 2.91. The van der Waals surface area contributed by atoms with Crippen LogP contribution in [-0.4, -0.2) is 27.5 Å². The molecule has 0 saturated heterocycles. The lowest BCUT2D eigenvalue weighted by Gasteiger charge is -2.24. The zero-order chi connectivity index (χ0) is 15.5. The number of hydrogen-bond acceptors (Lipinski definition) is 6. The maximum absolute atomic E-state index is 11.4. The van der Waals surface area contributed by atoms with Gasteiger partial charge in [0.05, 0.1) is 15.9 Å². The smallest absolute Gasteiger partial charge is 0.312 e. The van der Waals surface area contributed by atoms with E-state index in [1.807, 2.05) is 0 Å². The number of anilines is 1. The fourth-order valence-corrected chi connectivity index (χ4v) is 2.56. The number of pyridine rings is 1. The molecule has 8 heteroatoms. The van der Waals surface area contributed by atoms with Gasteiger partial charge in [0, 0.05) is 18.8 Å². The SMILES string of the molecule is N#Cc1cnc(NCC2(C(=O)O)CCCC2)c([N+](=O)[O-])c1. The molecule has 1 saturated carbocycles. The maximum Gasteiger partial charge on any atom is 0.312 e. The number of nitrogens with one attached hydrogen (secondary N) is 1. The first-order valence-electron chi connectivity index (χ1n) is 6.50. The minimum absolute atomic E-state index is 0.00785. The van der Waals surface area contributed by atoms with Gasteiger partial charge in [-0.25, -0.2) is 4.98 Å². The van der Waals surface area contributed by atoms with E-state index in [2.05, 4.69) is 10.3 Å². The van der Waals surface area contributed by atoms with Crippen molar-refractivity contribution >= 4 is 17.5 Å². The normalized spacial score (nSPS) is 16.1. The molecule has 2 rings (SSSR count). The van der Waals surface area contributed by atoms with Crippen molar-refractivity contribution in [3.8, 4) is 6.07 Å². The molecule has 0 spiro atoms. The Morgan fingerprint density at radius 2 is 2.24 bits per heavy atom. The first-order valence-corrected chi connectivity index (χ1v) is 6.50. The van der Waals surface area contributed by atoms with Gasteiger partial charge in [-0.3, -0.25) is 14.9 Å². The molecule has 1 heterocycles. The number of hydrogen-bond donors (Lipinski definition) is 2. The van der Waals surface area contributed by atoms with E-state index >= 15 is 0 Å². The van der Waals surface area contributed by atoms with E-state index in [0.717, 1.165) is 18.9 Å². The highest BCUT2D eigenvalue weighted by atomic mass is 16.6. The van der Waals surface area contributed by atoms with E-state index in [1.165, 1.54) is 6.20 Å². The minimum atomic E-state index is -0.899. The molecule has 1 aromatic rings. The van der Waals surface area contributed by atoms with Crippen molar-refractivity contribution in [1.82, 2.24) is 4.98 Å². The van der Waals surface area contributed by atoms with E-state index in [0.29, 0.717) is 12.8 Å². The van der Waals surface area contributed by atoms with E-state index in [4.69, 9.17) is 5.26 Å². The second-order valence-electron chi connectivity index (χ2n) is 5.11. The summed E-state index contributed by atoms with van der Waals surface area (Å²) in [5, 5.41) is 31.9. The monoisotopic (exact) mass is 290 g/mol. The van der Waals surface area contributed by atoms with Crippen molar-refractivity contribution in [2.24, 2.45) is 5.41 Å². The molecule has 21 heavy (non-hydrogen) atoms. The molecule has 0 amide bonds. The van der Waals surface area contributed by atoms with Gasteiger partial charge >= 0.3 is 11.7 Å². The average molecular weight is 290 g/mol. The fourth-order valence-electron chi connectivity index (χ4n) is 2.56. The number of nitro groups is 1. The van der Waals surface area contributed by atoms with Crippen molar-refractivity contribution < 1.29 is 14.8 Å². The van der Waals surface area contributed by atoms with Crippen LogP contribution in [0.3, 0.4) is 0 Å². The molecular weight excluding hydrogens is 276 g/mol. The first-order chi connectivity index (χ1) is 9.98. The van der Waals surface area contributed by atoms with Gasteiger partial charge in [0.15, 0.2) is 0 Å². The summed E-state index contributed by atoms with van der Waals surface area (Å²) in [7, 11) is 0. The van der Waals surface area contributed by atoms with Crippen molar-refractivity contribution in [2.45, 2.75) is 25.7 Å². The number of carboxylic acids is 1. The summed E-state index contributed by atoms with van der Waals surface area (Å²) in [5.41, 5.74) is -1.14. The third-order valence-electron chi connectivity index (χ3n) is 3.80. The summed E-state index contributed by atoms with van der Waals surface area (Å²) < 4.78 is 0. The lowest BCUT2D eigenvalue weighted by atomic mass is 9.86. The predicted molar refractivity (Wildman–Crippen MR) is 72.6 cm³/mol. The molecular formula is C13H14N4O4. The third-order valence-corrected chi connectivity index (χ3v) is 3.80. The predicted octanol–water partition coefficient (Wildman–Crippen LogP) is 1.92. The van der Waals surface area contributed by atoms with Crippen LogP contribution >= 0.6 is 0 Å². The molecule has 0 atom stereocenters. The van der Waals surface area contributed by atoms with Gasteiger partial charge in [-0.1, -0.05) is 12.8 Å². The van der Waals surface area contributed by atoms with Crippen LogP contribution in [0.4, 0.5) is 11.5 Å². The Morgan fingerprint density at radius 3 is 2.76 bits per heavy atom. The number of carboxylic acid groups (broad SMARTS) is 1. The Hall–Kier alpha value is -2.69. The van der Waals surface area contributed by atoms with Gasteiger partial charge in [0.25, 0.3) is 0 Å². The molecule has 0 aliphatic heterocycles. The maximum atomic E-state index is 11.4. The number of aliphatic carboxylic acids is 1. The van der Waals surface area contributed by atoms with E-state index < -0.39 is 16.3 Å². The molecule has 0 unspecified atom stereocenters. The van der Waals surface area contributed by atoms with Crippen LogP contribution in [0.25, 0.3) is 0 Å². The zero-order valence-electron chi connectivity index (χ0n) is 11.2. The molecule has 0 aromatic carbocycles. The van der Waals surface area contributed by atoms with E-state index in [-0.39, 0.29) is 23.6 Å².